The highest BCUT2D eigenvalue weighted by Gasteiger charge is 2.05. The lowest BCUT2D eigenvalue weighted by Gasteiger charge is -1.99. The molecule has 1 rings (SSSR count). The van der Waals surface area contributed by atoms with Crippen LogP contribution in [0.3, 0.4) is 0 Å². The van der Waals surface area contributed by atoms with Crippen LogP contribution in [0.15, 0.2) is 22.3 Å². The van der Waals surface area contributed by atoms with Crippen LogP contribution in [0.4, 0.5) is 0 Å². The maximum atomic E-state index is 11.3. The van der Waals surface area contributed by atoms with E-state index in [1.165, 1.54) is 0 Å². The molecule has 0 aromatic carbocycles. The van der Waals surface area contributed by atoms with Gasteiger partial charge >= 0.3 is 0 Å². The van der Waals surface area contributed by atoms with Crippen LogP contribution in [-0.4, -0.2) is 15.7 Å². The number of allylic oxidation sites excluding steroid dienone is 1. The summed E-state index contributed by atoms with van der Waals surface area (Å²) in [4.78, 5) is 11.3. The third-order valence-electron chi connectivity index (χ3n) is 1.70. The van der Waals surface area contributed by atoms with Crippen molar-refractivity contribution in [2.75, 3.05) is 0 Å². The first kappa shape index (κ1) is 12.0. The molecule has 1 aromatic heterocycles. The minimum atomic E-state index is -0.0902. The summed E-state index contributed by atoms with van der Waals surface area (Å²) in [6, 6.07) is 0. The number of aromatic nitrogens is 2. The molecule has 1 amide bonds. The Morgan fingerprint density at radius 3 is 2.80 bits per heavy atom. The number of halogens is 1. The lowest BCUT2D eigenvalue weighted by atomic mass is 10.3. The fourth-order valence-electron chi connectivity index (χ4n) is 1.11. The Hall–Kier alpha value is -1.10. The van der Waals surface area contributed by atoms with Crippen LogP contribution in [-0.2, 0) is 18.4 Å². The Balaban J connectivity index is 2.54. The molecule has 0 spiro atoms. The molecule has 1 heterocycles. The van der Waals surface area contributed by atoms with Crippen molar-refractivity contribution in [2.45, 2.75) is 20.4 Å². The normalized spacial score (nSPS) is 9.87. The van der Waals surface area contributed by atoms with E-state index in [2.05, 4.69) is 26.3 Å². The van der Waals surface area contributed by atoms with E-state index in [1.807, 2.05) is 27.1 Å². The highest BCUT2D eigenvalue weighted by atomic mass is 79.9. The van der Waals surface area contributed by atoms with Gasteiger partial charge in [-0.25, -0.2) is 0 Å². The van der Waals surface area contributed by atoms with Crippen LogP contribution >= 0.6 is 15.9 Å². The second kappa shape index (κ2) is 5.11. The fourth-order valence-corrected chi connectivity index (χ4v) is 1.63. The molecule has 0 aliphatic heterocycles. The SMILES string of the molecule is CC(C)=CC(=O)NCc1nn(C)cc1Br. The highest BCUT2D eigenvalue weighted by Crippen LogP contribution is 2.13. The van der Waals surface area contributed by atoms with Crippen molar-refractivity contribution in [2.24, 2.45) is 7.05 Å². The molecule has 0 saturated heterocycles. The lowest BCUT2D eigenvalue weighted by Crippen LogP contribution is -2.21. The lowest BCUT2D eigenvalue weighted by molar-refractivity contribution is -0.116. The van der Waals surface area contributed by atoms with Crippen LogP contribution in [0.1, 0.15) is 19.5 Å². The molecule has 4 nitrogen and oxygen atoms in total. The van der Waals surface area contributed by atoms with Gasteiger partial charge in [0.25, 0.3) is 0 Å². The minimum absolute atomic E-state index is 0.0902. The van der Waals surface area contributed by atoms with E-state index < -0.39 is 0 Å². The molecule has 0 bridgehead atoms. The van der Waals surface area contributed by atoms with Crippen LogP contribution in [0.2, 0.25) is 0 Å². The van der Waals surface area contributed by atoms with Crippen molar-refractivity contribution in [3.63, 3.8) is 0 Å². The van der Waals surface area contributed by atoms with E-state index >= 15 is 0 Å². The molecule has 0 aliphatic carbocycles. The molecule has 82 valence electrons. The van der Waals surface area contributed by atoms with E-state index in [-0.39, 0.29) is 5.91 Å². The summed E-state index contributed by atoms with van der Waals surface area (Å²) in [5.41, 5.74) is 1.81. The Kier molecular flexibility index (Phi) is 4.08. The average molecular weight is 272 g/mol. The Labute approximate surface area is 97.5 Å². The van der Waals surface area contributed by atoms with Gasteiger partial charge in [-0.2, -0.15) is 5.10 Å². The molecule has 0 atom stereocenters. The van der Waals surface area contributed by atoms with Crippen molar-refractivity contribution < 1.29 is 4.79 Å². The van der Waals surface area contributed by atoms with Gasteiger partial charge in [-0.3, -0.25) is 9.48 Å². The van der Waals surface area contributed by atoms with Gasteiger partial charge in [0.05, 0.1) is 16.7 Å². The van der Waals surface area contributed by atoms with E-state index in [4.69, 9.17) is 0 Å². The van der Waals surface area contributed by atoms with Gasteiger partial charge in [0.1, 0.15) is 0 Å². The second-order valence-corrected chi connectivity index (χ2v) is 4.39. The number of carbonyl (C=O) groups is 1. The Morgan fingerprint density at radius 1 is 1.67 bits per heavy atom. The molecule has 5 heteroatoms. The summed E-state index contributed by atoms with van der Waals surface area (Å²) < 4.78 is 2.61. The number of rotatable bonds is 3. The summed E-state index contributed by atoms with van der Waals surface area (Å²) in [5, 5.41) is 6.96. The van der Waals surface area contributed by atoms with Crippen LogP contribution < -0.4 is 5.32 Å². The zero-order valence-corrected chi connectivity index (χ0v) is 10.6. The summed E-state index contributed by atoms with van der Waals surface area (Å²) in [6.07, 6.45) is 3.42. The zero-order valence-electron chi connectivity index (χ0n) is 9.04. The minimum Gasteiger partial charge on any atom is -0.347 e. The first-order valence-electron chi connectivity index (χ1n) is 4.60. The number of amides is 1. The van der Waals surface area contributed by atoms with Crippen LogP contribution in [0, 0.1) is 0 Å². The van der Waals surface area contributed by atoms with Crippen LogP contribution in [0.25, 0.3) is 0 Å². The maximum absolute atomic E-state index is 11.3. The summed E-state index contributed by atoms with van der Waals surface area (Å²) in [5.74, 6) is -0.0902. The van der Waals surface area contributed by atoms with Crippen LogP contribution in [0.5, 0.6) is 0 Å². The number of carbonyl (C=O) groups excluding carboxylic acids is 1. The first-order valence-corrected chi connectivity index (χ1v) is 5.39. The predicted molar refractivity (Wildman–Crippen MR) is 62.2 cm³/mol. The number of hydrogen-bond donors (Lipinski definition) is 1. The molecular weight excluding hydrogens is 258 g/mol. The number of hydrogen-bond acceptors (Lipinski definition) is 2. The number of nitrogens with one attached hydrogen (secondary N) is 1. The van der Waals surface area contributed by atoms with E-state index in [0.29, 0.717) is 6.54 Å². The van der Waals surface area contributed by atoms with Crippen molar-refractivity contribution in [3.8, 4) is 0 Å². The Morgan fingerprint density at radius 2 is 2.33 bits per heavy atom. The van der Waals surface area contributed by atoms with Gasteiger partial charge in [0.15, 0.2) is 0 Å². The smallest absolute Gasteiger partial charge is 0.244 e. The Bertz CT molecular complexity index is 391. The van der Waals surface area contributed by atoms with Crippen molar-refractivity contribution in [1.29, 1.82) is 0 Å². The second-order valence-electron chi connectivity index (χ2n) is 3.54. The summed E-state index contributed by atoms with van der Waals surface area (Å²) >= 11 is 3.37. The van der Waals surface area contributed by atoms with E-state index in [1.54, 1.807) is 10.8 Å². The van der Waals surface area contributed by atoms with Gasteiger partial charge in [-0.15, -0.1) is 0 Å². The molecule has 0 radical (unpaired) electrons. The van der Waals surface area contributed by atoms with Gasteiger partial charge in [0, 0.05) is 19.3 Å². The monoisotopic (exact) mass is 271 g/mol. The molecule has 1 aromatic rings. The molecule has 0 saturated carbocycles. The number of nitrogens with zero attached hydrogens (tertiary/aromatic N) is 2. The quantitative estimate of drug-likeness (QED) is 0.852. The molecule has 0 aliphatic rings. The molecule has 15 heavy (non-hydrogen) atoms. The third kappa shape index (κ3) is 3.87. The van der Waals surface area contributed by atoms with Gasteiger partial charge < -0.3 is 5.32 Å². The highest BCUT2D eigenvalue weighted by molar-refractivity contribution is 9.10. The molecule has 0 fully saturated rings. The third-order valence-corrected chi connectivity index (χ3v) is 2.37. The van der Waals surface area contributed by atoms with Crippen molar-refractivity contribution >= 4 is 21.8 Å². The van der Waals surface area contributed by atoms with Gasteiger partial charge in [-0.1, -0.05) is 5.57 Å². The van der Waals surface area contributed by atoms with Crippen molar-refractivity contribution in [3.05, 3.63) is 28.0 Å². The van der Waals surface area contributed by atoms with E-state index in [0.717, 1.165) is 15.7 Å². The van der Waals surface area contributed by atoms with Gasteiger partial charge in [0.2, 0.25) is 5.91 Å². The molecule has 0 unspecified atom stereocenters. The first-order chi connectivity index (χ1) is 6.99. The average Bonchev–Trinajstić information content (AvgIpc) is 2.40. The zero-order chi connectivity index (χ0) is 11.4. The molecule has 1 N–H and O–H groups in total. The largest absolute Gasteiger partial charge is 0.347 e. The summed E-state index contributed by atoms with van der Waals surface area (Å²) in [6.45, 7) is 4.20. The molecular formula is C10H14BrN3O. The maximum Gasteiger partial charge on any atom is 0.244 e. The van der Waals surface area contributed by atoms with E-state index in [9.17, 15) is 4.79 Å². The summed E-state index contributed by atoms with van der Waals surface area (Å²) in [7, 11) is 1.84. The topological polar surface area (TPSA) is 46.9 Å². The number of aryl methyl sites for hydroxylation is 1. The van der Waals surface area contributed by atoms with Gasteiger partial charge in [-0.05, 0) is 29.8 Å². The predicted octanol–water partition coefficient (Wildman–Crippen LogP) is 1.76. The standard InChI is InChI=1S/C10H14BrN3O/c1-7(2)4-10(15)12-5-9-8(11)6-14(3)13-9/h4,6H,5H2,1-3H3,(H,12,15). The fraction of sp³-hybridized carbons (Fsp3) is 0.400. The van der Waals surface area contributed by atoms with Crippen molar-refractivity contribution in [1.82, 2.24) is 15.1 Å².